The summed E-state index contributed by atoms with van der Waals surface area (Å²) < 4.78 is 39.3. The van der Waals surface area contributed by atoms with Crippen molar-refractivity contribution in [3.8, 4) is 0 Å². The SMILES string of the molecule is O=C(NCc1ccccc1F)c1ccc(F)cc1F. The van der Waals surface area contributed by atoms with Crippen LogP contribution in [-0.4, -0.2) is 5.91 Å². The number of hydrogen-bond donors (Lipinski definition) is 1. The highest BCUT2D eigenvalue weighted by molar-refractivity contribution is 5.94. The second-order valence-corrected chi connectivity index (χ2v) is 3.90. The average Bonchev–Trinajstić information content (AvgIpc) is 2.37. The van der Waals surface area contributed by atoms with Gasteiger partial charge in [-0.15, -0.1) is 0 Å². The summed E-state index contributed by atoms with van der Waals surface area (Å²) in [7, 11) is 0. The number of carbonyl (C=O) groups excluding carboxylic acids is 1. The summed E-state index contributed by atoms with van der Waals surface area (Å²) in [6, 6.07) is 8.58. The normalized spacial score (nSPS) is 10.3. The molecule has 0 bridgehead atoms. The molecule has 0 saturated carbocycles. The molecule has 98 valence electrons. The fraction of sp³-hybridized carbons (Fsp3) is 0.0714. The van der Waals surface area contributed by atoms with Gasteiger partial charge in [-0.3, -0.25) is 4.79 Å². The lowest BCUT2D eigenvalue weighted by Gasteiger charge is -2.07. The van der Waals surface area contributed by atoms with Crippen LogP contribution in [0.5, 0.6) is 0 Å². The lowest BCUT2D eigenvalue weighted by Crippen LogP contribution is -2.24. The van der Waals surface area contributed by atoms with Crippen LogP contribution in [0.15, 0.2) is 42.5 Å². The zero-order valence-corrected chi connectivity index (χ0v) is 9.79. The highest BCUT2D eigenvalue weighted by atomic mass is 19.1. The van der Waals surface area contributed by atoms with Gasteiger partial charge in [-0.2, -0.15) is 0 Å². The molecule has 0 saturated heterocycles. The van der Waals surface area contributed by atoms with Crippen LogP contribution < -0.4 is 5.32 Å². The highest BCUT2D eigenvalue weighted by Gasteiger charge is 2.12. The van der Waals surface area contributed by atoms with E-state index in [-0.39, 0.29) is 12.1 Å². The van der Waals surface area contributed by atoms with E-state index in [9.17, 15) is 18.0 Å². The van der Waals surface area contributed by atoms with E-state index in [2.05, 4.69) is 5.32 Å². The van der Waals surface area contributed by atoms with Gasteiger partial charge in [-0.05, 0) is 18.2 Å². The summed E-state index contributed by atoms with van der Waals surface area (Å²) in [6.45, 7) is -0.0671. The zero-order valence-electron chi connectivity index (χ0n) is 9.79. The molecule has 5 heteroatoms. The monoisotopic (exact) mass is 265 g/mol. The van der Waals surface area contributed by atoms with Crippen molar-refractivity contribution in [1.29, 1.82) is 0 Å². The largest absolute Gasteiger partial charge is 0.348 e. The Bertz CT molecular complexity index is 613. The van der Waals surface area contributed by atoms with Crippen molar-refractivity contribution >= 4 is 5.91 Å². The van der Waals surface area contributed by atoms with E-state index in [1.807, 2.05) is 0 Å². The summed E-state index contributed by atoms with van der Waals surface area (Å²) in [5.41, 5.74) is 0.0103. The minimum absolute atomic E-state index is 0.0671. The molecule has 0 unspecified atom stereocenters. The first kappa shape index (κ1) is 13.1. The standard InChI is InChI=1S/C14H10F3NO/c15-10-5-6-11(13(17)7-10)14(19)18-8-9-3-1-2-4-12(9)16/h1-7H,8H2,(H,18,19). The predicted molar refractivity (Wildman–Crippen MR) is 63.9 cm³/mol. The summed E-state index contributed by atoms with van der Waals surface area (Å²) in [4.78, 5) is 11.7. The van der Waals surface area contributed by atoms with E-state index in [0.717, 1.165) is 12.1 Å². The second kappa shape index (κ2) is 5.56. The van der Waals surface area contributed by atoms with Gasteiger partial charge in [-0.1, -0.05) is 18.2 Å². The lowest BCUT2D eigenvalue weighted by molar-refractivity contribution is 0.0946. The van der Waals surface area contributed by atoms with Gasteiger partial charge >= 0.3 is 0 Å². The lowest BCUT2D eigenvalue weighted by atomic mass is 10.1. The van der Waals surface area contributed by atoms with E-state index in [1.54, 1.807) is 6.07 Å². The van der Waals surface area contributed by atoms with Crippen LogP contribution in [0, 0.1) is 17.5 Å². The van der Waals surface area contributed by atoms with Crippen molar-refractivity contribution in [2.24, 2.45) is 0 Å². The maximum absolute atomic E-state index is 13.3. The third kappa shape index (κ3) is 3.13. The van der Waals surface area contributed by atoms with E-state index in [4.69, 9.17) is 0 Å². The smallest absolute Gasteiger partial charge is 0.254 e. The predicted octanol–water partition coefficient (Wildman–Crippen LogP) is 3.03. The van der Waals surface area contributed by atoms with Gasteiger partial charge in [0.15, 0.2) is 0 Å². The molecule has 0 spiro atoms. The highest BCUT2D eigenvalue weighted by Crippen LogP contribution is 2.10. The molecule has 2 rings (SSSR count). The molecule has 0 heterocycles. The van der Waals surface area contributed by atoms with E-state index in [0.29, 0.717) is 11.6 Å². The first-order chi connectivity index (χ1) is 9.08. The van der Waals surface area contributed by atoms with Crippen LogP contribution >= 0.6 is 0 Å². The number of benzene rings is 2. The maximum Gasteiger partial charge on any atom is 0.254 e. The Morgan fingerprint density at radius 2 is 1.74 bits per heavy atom. The number of halogens is 3. The van der Waals surface area contributed by atoms with Gasteiger partial charge in [0.25, 0.3) is 5.91 Å². The Balaban J connectivity index is 2.08. The molecular weight excluding hydrogens is 255 g/mol. The molecule has 0 atom stereocenters. The number of rotatable bonds is 3. The van der Waals surface area contributed by atoms with Gasteiger partial charge in [0, 0.05) is 18.2 Å². The summed E-state index contributed by atoms with van der Waals surface area (Å²) >= 11 is 0. The van der Waals surface area contributed by atoms with E-state index in [1.165, 1.54) is 18.2 Å². The third-order valence-corrected chi connectivity index (χ3v) is 2.57. The van der Waals surface area contributed by atoms with Crippen molar-refractivity contribution in [1.82, 2.24) is 5.32 Å². The number of carbonyl (C=O) groups is 1. The van der Waals surface area contributed by atoms with Gasteiger partial charge < -0.3 is 5.32 Å². The minimum atomic E-state index is -0.953. The van der Waals surface area contributed by atoms with Crippen molar-refractivity contribution in [2.45, 2.75) is 6.54 Å². The van der Waals surface area contributed by atoms with Crippen molar-refractivity contribution in [2.75, 3.05) is 0 Å². The number of amides is 1. The first-order valence-electron chi connectivity index (χ1n) is 5.54. The Kier molecular flexibility index (Phi) is 3.85. The van der Waals surface area contributed by atoms with Crippen LogP contribution in [0.2, 0.25) is 0 Å². The molecule has 19 heavy (non-hydrogen) atoms. The topological polar surface area (TPSA) is 29.1 Å². The van der Waals surface area contributed by atoms with E-state index >= 15 is 0 Å². The number of nitrogens with one attached hydrogen (secondary N) is 1. The van der Waals surface area contributed by atoms with Gasteiger partial charge in [0.2, 0.25) is 0 Å². The van der Waals surface area contributed by atoms with Crippen LogP contribution in [0.4, 0.5) is 13.2 Å². The van der Waals surface area contributed by atoms with Crippen LogP contribution in [0.1, 0.15) is 15.9 Å². The van der Waals surface area contributed by atoms with Crippen LogP contribution in [-0.2, 0) is 6.54 Å². The quantitative estimate of drug-likeness (QED) is 0.908. The Morgan fingerprint density at radius 3 is 2.42 bits per heavy atom. The fourth-order valence-corrected chi connectivity index (χ4v) is 1.59. The van der Waals surface area contributed by atoms with Gasteiger partial charge in [0.05, 0.1) is 5.56 Å². The zero-order chi connectivity index (χ0) is 13.8. The molecule has 2 aromatic carbocycles. The van der Waals surface area contributed by atoms with E-state index < -0.39 is 23.4 Å². The minimum Gasteiger partial charge on any atom is -0.348 e. The Labute approximate surface area is 107 Å². The molecule has 0 fully saturated rings. The molecule has 0 aromatic heterocycles. The molecule has 2 nitrogen and oxygen atoms in total. The maximum atomic E-state index is 13.3. The summed E-state index contributed by atoms with van der Waals surface area (Å²) in [5, 5.41) is 2.37. The Morgan fingerprint density at radius 1 is 1.00 bits per heavy atom. The van der Waals surface area contributed by atoms with Crippen molar-refractivity contribution in [3.05, 3.63) is 71.0 Å². The average molecular weight is 265 g/mol. The first-order valence-corrected chi connectivity index (χ1v) is 5.54. The van der Waals surface area contributed by atoms with Crippen LogP contribution in [0.3, 0.4) is 0 Å². The third-order valence-electron chi connectivity index (χ3n) is 2.57. The van der Waals surface area contributed by atoms with Crippen molar-refractivity contribution in [3.63, 3.8) is 0 Å². The molecule has 0 radical (unpaired) electrons. The summed E-state index contributed by atoms with van der Waals surface area (Å²) in [6.07, 6.45) is 0. The molecule has 1 N–H and O–H groups in total. The van der Waals surface area contributed by atoms with Crippen molar-refractivity contribution < 1.29 is 18.0 Å². The Hall–Kier alpha value is -2.30. The fourth-order valence-electron chi connectivity index (χ4n) is 1.59. The number of hydrogen-bond acceptors (Lipinski definition) is 1. The molecular formula is C14H10F3NO. The molecule has 0 aliphatic rings. The molecule has 1 amide bonds. The van der Waals surface area contributed by atoms with Crippen LogP contribution in [0.25, 0.3) is 0 Å². The molecule has 0 aliphatic carbocycles. The second-order valence-electron chi connectivity index (χ2n) is 3.90. The van der Waals surface area contributed by atoms with Gasteiger partial charge in [-0.25, -0.2) is 13.2 Å². The summed E-state index contributed by atoms with van der Waals surface area (Å²) in [5.74, 6) is -2.89. The van der Waals surface area contributed by atoms with Gasteiger partial charge in [0.1, 0.15) is 17.5 Å². The molecule has 2 aromatic rings. The molecule has 0 aliphatic heterocycles.